The van der Waals surface area contributed by atoms with Crippen molar-refractivity contribution in [1.82, 2.24) is 9.80 Å². The predicted octanol–water partition coefficient (Wildman–Crippen LogP) is 1.56. The van der Waals surface area contributed by atoms with Gasteiger partial charge in [0.25, 0.3) is 0 Å². The molecule has 0 bridgehead atoms. The number of hydrogen-bond donors (Lipinski definition) is 3. The molecule has 2 amide bonds. The topological polar surface area (TPSA) is 136 Å². The minimum atomic E-state index is -1.82. The number of ether oxygens (including phenoxy) is 1. The summed E-state index contributed by atoms with van der Waals surface area (Å²) in [7, 11) is 0. The largest absolute Gasteiger partial charge is 0.473 e. The zero-order valence-electron chi connectivity index (χ0n) is 17.5. The lowest BCUT2D eigenvalue weighted by molar-refractivity contribution is -0.159. The van der Waals surface area contributed by atoms with Crippen LogP contribution in [0.15, 0.2) is 18.2 Å². The number of benzene rings is 1. The maximum Gasteiger partial charge on any atom is 0.414 e. The maximum atomic E-state index is 12.2. The Morgan fingerprint density at radius 3 is 2.17 bits per heavy atom. The highest BCUT2D eigenvalue weighted by atomic mass is 16.6. The molecule has 2 rings (SSSR count). The first-order valence-electron chi connectivity index (χ1n) is 9.61. The lowest BCUT2D eigenvalue weighted by atomic mass is 10.1. The number of amides is 2. The lowest BCUT2D eigenvalue weighted by Crippen LogP contribution is -2.49. The Morgan fingerprint density at radius 1 is 1.03 bits per heavy atom. The highest BCUT2D eigenvalue weighted by Gasteiger charge is 2.22. The molecule has 0 radical (unpaired) electrons. The molecular weight excluding hydrogens is 394 g/mol. The SMILES string of the molecule is CCOC(=O)N1CCN(CCC(=O)Nc2cc(C)ccc2C)CC1.O=C(O)C(=O)O. The van der Waals surface area contributed by atoms with Gasteiger partial charge in [0, 0.05) is 44.8 Å². The monoisotopic (exact) mass is 423 g/mol. The third kappa shape index (κ3) is 8.91. The van der Waals surface area contributed by atoms with Crippen LogP contribution in [0.25, 0.3) is 0 Å². The number of carbonyl (C=O) groups is 4. The molecule has 1 heterocycles. The fraction of sp³-hybridized carbons (Fsp3) is 0.500. The Kier molecular flexibility index (Phi) is 10.3. The Balaban J connectivity index is 0.000000656. The van der Waals surface area contributed by atoms with E-state index in [4.69, 9.17) is 24.5 Å². The van der Waals surface area contributed by atoms with Crippen LogP contribution in [0.4, 0.5) is 10.5 Å². The molecule has 10 nitrogen and oxygen atoms in total. The molecule has 1 aromatic rings. The van der Waals surface area contributed by atoms with Crippen LogP contribution in [0.5, 0.6) is 0 Å². The fourth-order valence-corrected chi connectivity index (χ4v) is 2.71. The standard InChI is InChI=1S/C18H27N3O3.C2H2O4/c1-4-24-18(23)21-11-9-20(10-12-21)8-7-17(22)19-16-13-14(2)5-6-15(16)3;3-1(4)2(5)6/h5-6,13H,4,7-12H2,1-3H3,(H,19,22);(H,3,4)(H,5,6). The molecule has 10 heteroatoms. The van der Waals surface area contributed by atoms with Gasteiger partial charge in [-0.25, -0.2) is 14.4 Å². The molecule has 1 fully saturated rings. The van der Waals surface area contributed by atoms with E-state index in [-0.39, 0.29) is 12.0 Å². The molecular formula is C20H29N3O7. The molecule has 0 unspecified atom stereocenters. The molecule has 0 spiro atoms. The van der Waals surface area contributed by atoms with Gasteiger partial charge < -0.3 is 25.2 Å². The number of carbonyl (C=O) groups excluding carboxylic acids is 2. The van der Waals surface area contributed by atoms with E-state index in [0.29, 0.717) is 32.7 Å². The van der Waals surface area contributed by atoms with Crippen molar-refractivity contribution < 1.29 is 34.1 Å². The first-order chi connectivity index (χ1) is 14.1. The van der Waals surface area contributed by atoms with Crippen LogP contribution < -0.4 is 5.32 Å². The van der Waals surface area contributed by atoms with Gasteiger partial charge in [0.1, 0.15) is 0 Å². The summed E-state index contributed by atoms with van der Waals surface area (Å²) in [5.41, 5.74) is 3.08. The second kappa shape index (κ2) is 12.4. The molecule has 1 aromatic carbocycles. The number of nitrogens with zero attached hydrogens (tertiary/aromatic N) is 2. The van der Waals surface area contributed by atoms with E-state index in [9.17, 15) is 9.59 Å². The van der Waals surface area contributed by atoms with Crippen LogP contribution in [0.1, 0.15) is 24.5 Å². The van der Waals surface area contributed by atoms with Crippen molar-refractivity contribution in [3.63, 3.8) is 0 Å². The Bertz CT molecular complexity index is 747. The zero-order valence-corrected chi connectivity index (χ0v) is 17.5. The van der Waals surface area contributed by atoms with Crippen LogP contribution in [0, 0.1) is 13.8 Å². The highest BCUT2D eigenvalue weighted by molar-refractivity contribution is 6.27. The Labute approximate surface area is 175 Å². The molecule has 1 aliphatic rings. The number of carboxylic acids is 2. The van der Waals surface area contributed by atoms with Gasteiger partial charge in [0.2, 0.25) is 5.91 Å². The minimum absolute atomic E-state index is 0.0246. The summed E-state index contributed by atoms with van der Waals surface area (Å²) in [5.74, 6) is -3.62. The van der Waals surface area contributed by atoms with Crippen molar-refractivity contribution in [2.24, 2.45) is 0 Å². The Hall–Kier alpha value is -3.14. The Morgan fingerprint density at radius 2 is 1.63 bits per heavy atom. The van der Waals surface area contributed by atoms with E-state index in [2.05, 4.69) is 10.2 Å². The van der Waals surface area contributed by atoms with E-state index in [1.54, 1.807) is 4.90 Å². The van der Waals surface area contributed by atoms with Gasteiger partial charge >= 0.3 is 18.0 Å². The summed E-state index contributed by atoms with van der Waals surface area (Å²) in [5, 5.41) is 17.8. The third-order valence-electron chi connectivity index (χ3n) is 4.40. The summed E-state index contributed by atoms with van der Waals surface area (Å²) in [6, 6.07) is 6.04. The maximum absolute atomic E-state index is 12.2. The number of aryl methyl sites for hydroxylation is 2. The van der Waals surface area contributed by atoms with Gasteiger partial charge in [-0.2, -0.15) is 0 Å². The highest BCUT2D eigenvalue weighted by Crippen LogP contribution is 2.16. The molecule has 0 aromatic heterocycles. The van der Waals surface area contributed by atoms with Crippen molar-refractivity contribution in [3.05, 3.63) is 29.3 Å². The molecule has 166 valence electrons. The minimum Gasteiger partial charge on any atom is -0.473 e. The molecule has 0 saturated carbocycles. The van der Waals surface area contributed by atoms with Gasteiger partial charge in [0.05, 0.1) is 6.61 Å². The third-order valence-corrected chi connectivity index (χ3v) is 4.40. The summed E-state index contributed by atoms with van der Waals surface area (Å²) < 4.78 is 5.01. The number of anilines is 1. The average Bonchev–Trinajstić information content (AvgIpc) is 2.70. The van der Waals surface area contributed by atoms with Crippen LogP contribution in [-0.2, 0) is 19.1 Å². The number of aliphatic carboxylic acids is 2. The van der Waals surface area contributed by atoms with Gasteiger partial charge in [-0.05, 0) is 38.0 Å². The first kappa shape index (κ1) is 24.9. The normalized spacial score (nSPS) is 13.6. The average molecular weight is 423 g/mol. The van der Waals surface area contributed by atoms with Gasteiger partial charge in [-0.3, -0.25) is 9.69 Å². The van der Waals surface area contributed by atoms with E-state index in [1.807, 2.05) is 39.0 Å². The van der Waals surface area contributed by atoms with E-state index >= 15 is 0 Å². The summed E-state index contributed by atoms with van der Waals surface area (Å²) in [6.07, 6.45) is 0.206. The molecule has 1 aliphatic heterocycles. The van der Waals surface area contributed by atoms with Gasteiger partial charge in [-0.1, -0.05) is 12.1 Å². The molecule has 3 N–H and O–H groups in total. The zero-order chi connectivity index (χ0) is 22.7. The summed E-state index contributed by atoms with van der Waals surface area (Å²) in [4.78, 5) is 45.9. The molecule has 0 aliphatic carbocycles. The smallest absolute Gasteiger partial charge is 0.414 e. The van der Waals surface area contributed by atoms with Gasteiger partial charge in [0.15, 0.2) is 0 Å². The number of carboxylic acid groups (broad SMARTS) is 2. The number of nitrogens with one attached hydrogen (secondary N) is 1. The van der Waals surface area contributed by atoms with E-state index < -0.39 is 11.9 Å². The van der Waals surface area contributed by atoms with Gasteiger partial charge in [-0.15, -0.1) is 0 Å². The first-order valence-corrected chi connectivity index (χ1v) is 9.61. The van der Waals surface area contributed by atoms with Crippen LogP contribution in [0.2, 0.25) is 0 Å². The summed E-state index contributed by atoms with van der Waals surface area (Å²) >= 11 is 0. The van der Waals surface area contributed by atoms with Crippen molar-refractivity contribution in [2.45, 2.75) is 27.2 Å². The number of hydrogen-bond acceptors (Lipinski definition) is 6. The summed E-state index contributed by atoms with van der Waals surface area (Å²) in [6.45, 7) is 9.76. The number of piperazine rings is 1. The van der Waals surface area contributed by atoms with Crippen molar-refractivity contribution in [2.75, 3.05) is 44.6 Å². The van der Waals surface area contributed by atoms with Crippen molar-refractivity contribution in [3.8, 4) is 0 Å². The van der Waals surface area contributed by atoms with Crippen molar-refractivity contribution >= 4 is 29.6 Å². The van der Waals surface area contributed by atoms with Crippen LogP contribution in [0.3, 0.4) is 0 Å². The second-order valence-electron chi connectivity index (χ2n) is 6.75. The molecule has 1 saturated heterocycles. The molecule has 30 heavy (non-hydrogen) atoms. The second-order valence-corrected chi connectivity index (χ2v) is 6.75. The quantitative estimate of drug-likeness (QED) is 0.607. The number of rotatable bonds is 5. The fourth-order valence-electron chi connectivity index (χ4n) is 2.71. The van der Waals surface area contributed by atoms with E-state index in [0.717, 1.165) is 29.9 Å². The molecule has 0 atom stereocenters. The predicted molar refractivity (Wildman–Crippen MR) is 109 cm³/mol. The lowest BCUT2D eigenvalue weighted by Gasteiger charge is -2.33. The van der Waals surface area contributed by atoms with E-state index in [1.165, 1.54) is 0 Å². The van der Waals surface area contributed by atoms with Crippen LogP contribution in [-0.4, -0.2) is 83.3 Å². The van der Waals surface area contributed by atoms with Crippen LogP contribution >= 0.6 is 0 Å². The van der Waals surface area contributed by atoms with Crippen molar-refractivity contribution in [1.29, 1.82) is 0 Å².